The van der Waals surface area contributed by atoms with Gasteiger partial charge in [-0.3, -0.25) is 0 Å². The molecule has 0 bridgehead atoms. The first-order valence-electron chi connectivity index (χ1n) is 25.6. The monoisotopic (exact) mass is 1000 g/mol. The predicted molar refractivity (Wildman–Crippen MR) is 321 cm³/mol. The van der Waals surface area contributed by atoms with Crippen molar-refractivity contribution in [1.82, 2.24) is 24.1 Å². The summed E-state index contributed by atoms with van der Waals surface area (Å²) in [6.07, 6.45) is 0. The Balaban J connectivity index is 0.906. The maximum Gasteiger partial charge on any atom is 0.164 e. The van der Waals surface area contributed by atoms with E-state index in [-0.39, 0.29) is 0 Å². The van der Waals surface area contributed by atoms with E-state index in [1.54, 1.807) is 0 Å². The fourth-order valence-corrected chi connectivity index (χ4v) is 14.3. The summed E-state index contributed by atoms with van der Waals surface area (Å²) >= 11 is 3.74. The number of thiophene rings is 2. The highest BCUT2D eigenvalue weighted by Gasteiger charge is 2.22. The first kappa shape index (κ1) is 42.9. The zero-order valence-electron chi connectivity index (χ0n) is 40.7. The van der Waals surface area contributed by atoms with E-state index in [9.17, 15) is 0 Å². The number of hydrogen-bond donors (Lipinski definition) is 0. The van der Waals surface area contributed by atoms with E-state index in [0.717, 1.165) is 50.3 Å². The molecule has 0 unspecified atom stereocenters. The van der Waals surface area contributed by atoms with Gasteiger partial charge in [0.05, 0.1) is 31.5 Å². The molecule has 76 heavy (non-hydrogen) atoms. The van der Waals surface area contributed by atoms with Gasteiger partial charge in [0.2, 0.25) is 0 Å². The normalized spacial score (nSPS) is 11.9. The van der Waals surface area contributed by atoms with E-state index < -0.39 is 0 Å². The van der Waals surface area contributed by atoms with Gasteiger partial charge in [-0.25, -0.2) is 15.0 Å². The van der Waals surface area contributed by atoms with Crippen LogP contribution in [0.1, 0.15) is 0 Å². The van der Waals surface area contributed by atoms with Crippen LogP contribution < -0.4 is 0 Å². The first-order chi connectivity index (χ1) is 37.7. The number of para-hydroxylation sites is 4. The zero-order valence-corrected chi connectivity index (χ0v) is 42.4. The SMILES string of the molecule is c1ccc(-c2nc(-c3ccccc3)nc(-c3cc(-c4ccc5c(c4)sc4c5ccc5c6ccccc6n(-c6ccccc6)c54)ccc3-c3ccc4c(c3)sc3c4ccc4c5ccccc5n(-c5ccccc5)c43)n2)cc1. The molecule has 5 aromatic heterocycles. The van der Waals surface area contributed by atoms with Crippen LogP contribution >= 0.6 is 22.7 Å². The molecule has 16 rings (SSSR count). The third-order valence-corrected chi connectivity index (χ3v) is 17.5. The third kappa shape index (κ3) is 6.66. The molecule has 0 radical (unpaired) electrons. The third-order valence-electron chi connectivity index (χ3n) is 15.2. The molecular formula is C69H41N5S2. The Kier molecular flexibility index (Phi) is 9.61. The van der Waals surface area contributed by atoms with Crippen molar-refractivity contribution in [3.8, 4) is 67.8 Å². The number of aromatic nitrogens is 5. The number of rotatable bonds is 7. The molecule has 7 heteroatoms. The first-order valence-corrected chi connectivity index (χ1v) is 27.2. The lowest BCUT2D eigenvalue weighted by Crippen LogP contribution is -2.01. The van der Waals surface area contributed by atoms with Gasteiger partial charge in [0.1, 0.15) is 0 Å². The van der Waals surface area contributed by atoms with E-state index in [0.29, 0.717) is 17.5 Å². The highest BCUT2D eigenvalue weighted by molar-refractivity contribution is 7.27. The number of fused-ring (bicyclic) bond motifs is 14. The molecule has 0 saturated heterocycles. The van der Waals surface area contributed by atoms with Crippen molar-refractivity contribution >= 4 is 107 Å². The van der Waals surface area contributed by atoms with Crippen LogP contribution in [0.3, 0.4) is 0 Å². The molecule has 16 aromatic rings. The van der Waals surface area contributed by atoms with Crippen LogP contribution in [0.25, 0.3) is 152 Å². The van der Waals surface area contributed by atoms with Crippen molar-refractivity contribution in [1.29, 1.82) is 0 Å². The van der Waals surface area contributed by atoms with Crippen molar-refractivity contribution < 1.29 is 0 Å². The van der Waals surface area contributed by atoms with Crippen LogP contribution in [0.2, 0.25) is 0 Å². The van der Waals surface area contributed by atoms with Gasteiger partial charge >= 0.3 is 0 Å². The van der Waals surface area contributed by atoms with Gasteiger partial charge in [-0.05, 0) is 76.9 Å². The Labute approximate surface area is 444 Å². The second-order valence-corrected chi connectivity index (χ2v) is 21.6. The quantitative estimate of drug-likeness (QED) is 0.160. The largest absolute Gasteiger partial charge is 0.308 e. The minimum absolute atomic E-state index is 0.620. The minimum Gasteiger partial charge on any atom is -0.308 e. The summed E-state index contributed by atoms with van der Waals surface area (Å²) in [7, 11) is 0. The second-order valence-electron chi connectivity index (χ2n) is 19.5. The van der Waals surface area contributed by atoms with Gasteiger partial charge < -0.3 is 9.13 Å². The molecule has 0 aliphatic rings. The number of benzene rings is 11. The molecule has 0 spiro atoms. The Bertz CT molecular complexity index is 4920. The fraction of sp³-hybridized carbons (Fsp3) is 0. The highest BCUT2D eigenvalue weighted by atomic mass is 32.1. The topological polar surface area (TPSA) is 48.5 Å². The van der Waals surface area contributed by atoms with Gasteiger partial charge in [0.15, 0.2) is 17.5 Å². The van der Waals surface area contributed by atoms with Crippen molar-refractivity contribution in [3.05, 3.63) is 249 Å². The summed E-state index contributed by atoms with van der Waals surface area (Å²) in [6.45, 7) is 0. The Morgan fingerprint density at radius 2 is 0.658 bits per heavy atom. The van der Waals surface area contributed by atoms with E-state index >= 15 is 0 Å². The van der Waals surface area contributed by atoms with Gasteiger partial charge in [0, 0.05) is 80.6 Å². The maximum absolute atomic E-state index is 5.35. The van der Waals surface area contributed by atoms with Crippen LogP contribution in [0.5, 0.6) is 0 Å². The van der Waals surface area contributed by atoms with Crippen molar-refractivity contribution in [2.45, 2.75) is 0 Å². The summed E-state index contributed by atoms with van der Waals surface area (Å²) in [4.78, 5) is 15.8. The van der Waals surface area contributed by atoms with Gasteiger partial charge in [0.25, 0.3) is 0 Å². The van der Waals surface area contributed by atoms with E-state index in [1.165, 1.54) is 84.0 Å². The fourth-order valence-electron chi connectivity index (χ4n) is 11.7. The highest BCUT2D eigenvalue weighted by Crippen LogP contribution is 2.47. The predicted octanol–water partition coefficient (Wildman–Crippen LogP) is 19.1. The molecule has 0 amide bonds. The summed E-state index contributed by atoms with van der Waals surface area (Å²) in [6, 6.07) is 89.6. The van der Waals surface area contributed by atoms with E-state index in [4.69, 9.17) is 15.0 Å². The Morgan fingerprint density at radius 1 is 0.263 bits per heavy atom. The van der Waals surface area contributed by atoms with Crippen LogP contribution in [0.4, 0.5) is 0 Å². The Morgan fingerprint density at radius 3 is 1.18 bits per heavy atom. The molecule has 0 fully saturated rings. The minimum atomic E-state index is 0.620. The number of hydrogen-bond acceptors (Lipinski definition) is 5. The number of nitrogens with zero attached hydrogens (tertiary/aromatic N) is 5. The average molecular weight is 1000 g/mol. The van der Waals surface area contributed by atoms with Crippen LogP contribution in [-0.2, 0) is 0 Å². The zero-order chi connectivity index (χ0) is 49.8. The second kappa shape index (κ2) is 17.0. The molecule has 0 atom stereocenters. The summed E-state index contributed by atoms with van der Waals surface area (Å²) in [5, 5.41) is 10.0. The van der Waals surface area contributed by atoms with Gasteiger partial charge in [-0.1, -0.05) is 194 Å². The lowest BCUT2D eigenvalue weighted by atomic mass is 9.93. The van der Waals surface area contributed by atoms with Crippen molar-refractivity contribution in [2.75, 3.05) is 0 Å². The average Bonchev–Trinajstić information content (AvgIpc) is 4.28. The summed E-state index contributed by atoms with van der Waals surface area (Å²) in [5.74, 6) is 1.88. The van der Waals surface area contributed by atoms with Crippen LogP contribution in [0.15, 0.2) is 249 Å². The summed E-state index contributed by atoms with van der Waals surface area (Å²) in [5.41, 5.74) is 14.4. The Hall–Kier alpha value is -9.53. The van der Waals surface area contributed by atoms with Crippen molar-refractivity contribution in [3.63, 3.8) is 0 Å². The van der Waals surface area contributed by atoms with Crippen LogP contribution in [-0.4, -0.2) is 24.1 Å². The molecule has 0 aliphatic heterocycles. The van der Waals surface area contributed by atoms with Crippen LogP contribution in [0, 0.1) is 0 Å². The summed E-state index contributed by atoms with van der Waals surface area (Å²) < 4.78 is 9.90. The van der Waals surface area contributed by atoms with E-state index in [1.807, 2.05) is 59.1 Å². The molecular weight excluding hydrogens is 963 g/mol. The van der Waals surface area contributed by atoms with E-state index in [2.05, 4.69) is 221 Å². The van der Waals surface area contributed by atoms with Crippen molar-refractivity contribution in [2.24, 2.45) is 0 Å². The molecule has 0 N–H and O–H groups in total. The maximum atomic E-state index is 5.35. The molecule has 11 aromatic carbocycles. The lowest BCUT2D eigenvalue weighted by molar-refractivity contribution is 1.07. The standard InChI is InChI=1S/C69H41N5S2/c1-5-17-42(18-6-1)67-70-68(43-19-7-2-8-20-43)72-69(71-67)58-39-44(45-30-33-52-56-37-35-54-50-25-13-15-27-59(50)73(47-21-9-3-10-22-47)63(54)65(56)75-61(52)40-45)29-32-49(58)46-31-34-53-57-38-36-55-51-26-14-16-28-60(51)74(48-23-11-4-12-24-48)64(55)66(57)76-62(53)41-46/h1-41H. The molecule has 0 aliphatic carbocycles. The lowest BCUT2D eigenvalue weighted by Gasteiger charge is -2.14. The molecule has 354 valence electrons. The molecule has 5 nitrogen and oxygen atoms in total. The smallest absolute Gasteiger partial charge is 0.164 e. The molecule has 5 heterocycles. The van der Waals surface area contributed by atoms with Gasteiger partial charge in [-0.2, -0.15) is 0 Å². The molecule has 0 saturated carbocycles. The van der Waals surface area contributed by atoms with Gasteiger partial charge in [-0.15, -0.1) is 22.7 Å².